The van der Waals surface area contributed by atoms with Crippen LogP contribution in [0.25, 0.3) is 0 Å². The molecule has 0 bridgehead atoms. The van der Waals surface area contributed by atoms with Gasteiger partial charge in [0.05, 0.1) is 24.6 Å². The Hall–Kier alpha value is -1.55. The van der Waals surface area contributed by atoms with Crippen molar-refractivity contribution in [2.75, 3.05) is 44.8 Å². The van der Waals surface area contributed by atoms with Crippen LogP contribution >= 0.6 is 0 Å². The molecule has 4 heteroatoms. The number of aryl methyl sites for hydroxylation is 1. The molecule has 1 aromatic carbocycles. The quantitative estimate of drug-likeness (QED) is 0.839. The number of morpholine rings is 1. The summed E-state index contributed by atoms with van der Waals surface area (Å²) in [6.07, 6.45) is 1.17. The molecule has 4 nitrogen and oxygen atoms in total. The molecular formula is C18H27N3O. The van der Waals surface area contributed by atoms with Gasteiger partial charge in [-0.1, -0.05) is 19.9 Å². The lowest BCUT2D eigenvalue weighted by molar-refractivity contribution is 0.123. The average Bonchev–Trinajstić information content (AvgIpc) is 2.75. The molecule has 0 aromatic heterocycles. The Labute approximate surface area is 133 Å². The predicted molar refractivity (Wildman–Crippen MR) is 92.3 cm³/mol. The van der Waals surface area contributed by atoms with Gasteiger partial charge in [-0.15, -0.1) is 0 Å². The monoisotopic (exact) mass is 301 g/mol. The number of rotatable bonds is 2. The van der Waals surface area contributed by atoms with E-state index in [1.807, 2.05) is 0 Å². The van der Waals surface area contributed by atoms with E-state index in [0.29, 0.717) is 0 Å². The number of anilines is 1. The summed E-state index contributed by atoms with van der Waals surface area (Å²) in [5, 5.41) is 0. The van der Waals surface area contributed by atoms with E-state index in [9.17, 15) is 0 Å². The van der Waals surface area contributed by atoms with Crippen LogP contribution in [0.4, 0.5) is 11.4 Å². The molecule has 120 valence electrons. The Morgan fingerprint density at radius 3 is 2.50 bits per heavy atom. The lowest BCUT2D eigenvalue weighted by atomic mass is 9.91. The van der Waals surface area contributed by atoms with Crippen molar-refractivity contribution in [1.29, 1.82) is 0 Å². The van der Waals surface area contributed by atoms with Gasteiger partial charge in [0.2, 0.25) is 0 Å². The number of amidine groups is 1. The van der Waals surface area contributed by atoms with Crippen molar-refractivity contribution in [1.82, 2.24) is 4.90 Å². The number of hydrogen-bond donors (Lipinski definition) is 0. The van der Waals surface area contributed by atoms with Crippen LogP contribution in [-0.2, 0) is 4.74 Å². The number of nitrogens with zero attached hydrogens (tertiary/aromatic N) is 3. The Bertz CT molecular complexity index is 574. The maximum Gasteiger partial charge on any atom is 0.110 e. The molecule has 0 N–H and O–H groups in total. The van der Waals surface area contributed by atoms with E-state index in [1.165, 1.54) is 23.5 Å². The lowest BCUT2D eigenvalue weighted by Crippen LogP contribution is -2.36. The smallest absolute Gasteiger partial charge is 0.110 e. The van der Waals surface area contributed by atoms with Crippen LogP contribution in [0.2, 0.25) is 0 Å². The zero-order chi connectivity index (χ0) is 15.7. The highest BCUT2D eigenvalue weighted by Gasteiger charge is 2.34. The molecule has 0 radical (unpaired) electrons. The number of ether oxygens (including phenoxy) is 1. The van der Waals surface area contributed by atoms with Crippen LogP contribution in [0.15, 0.2) is 23.2 Å². The molecule has 2 fully saturated rings. The first-order chi connectivity index (χ1) is 10.5. The summed E-state index contributed by atoms with van der Waals surface area (Å²) in [5.74, 6) is 1.20. The molecule has 0 amide bonds. The number of likely N-dealkylation sites (tertiary alicyclic amines) is 1. The minimum atomic E-state index is 0.154. The SMILES string of the molecule is Cc1ccc(N2CCOCC2)c(N=C2N(C)CCC2(C)C)c1. The third kappa shape index (κ3) is 2.98. The van der Waals surface area contributed by atoms with Gasteiger partial charge in [-0.3, -0.25) is 0 Å². The fourth-order valence-corrected chi connectivity index (χ4v) is 3.33. The van der Waals surface area contributed by atoms with Gasteiger partial charge in [-0.25, -0.2) is 4.99 Å². The van der Waals surface area contributed by atoms with Crippen molar-refractivity contribution in [2.24, 2.45) is 10.4 Å². The number of aliphatic imine (C=N–C) groups is 1. The molecular weight excluding hydrogens is 274 g/mol. The molecule has 0 saturated carbocycles. The molecule has 3 rings (SSSR count). The van der Waals surface area contributed by atoms with Gasteiger partial charge in [-0.05, 0) is 31.0 Å². The standard InChI is InChI=1S/C18H27N3O/c1-14-5-6-16(21-9-11-22-12-10-21)15(13-14)19-17-18(2,3)7-8-20(17)4/h5-6,13H,7-12H2,1-4H3. The molecule has 0 spiro atoms. The Morgan fingerprint density at radius 1 is 1.14 bits per heavy atom. The minimum Gasteiger partial charge on any atom is -0.378 e. The zero-order valence-corrected chi connectivity index (χ0v) is 14.2. The topological polar surface area (TPSA) is 28.1 Å². The highest BCUT2D eigenvalue weighted by Crippen LogP contribution is 2.36. The lowest BCUT2D eigenvalue weighted by Gasteiger charge is -2.30. The largest absolute Gasteiger partial charge is 0.378 e. The average molecular weight is 301 g/mol. The zero-order valence-electron chi connectivity index (χ0n) is 14.2. The number of benzene rings is 1. The summed E-state index contributed by atoms with van der Waals surface area (Å²) >= 11 is 0. The fraction of sp³-hybridized carbons (Fsp3) is 0.611. The Morgan fingerprint density at radius 2 is 1.86 bits per heavy atom. The molecule has 2 saturated heterocycles. The van der Waals surface area contributed by atoms with Crippen LogP contribution in [0.1, 0.15) is 25.8 Å². The van der Waals surface area contributed by atoms with Crippen molar-refractivity contribution in [3.8, 4) is 0 Å². The predicted octanol–water partition coefficient (Wildman–Crippen LogP) is 3.22. The van der Waals surface area contributed by atoms with E-state index < -0.39 is 0 Å². The van der Waals surface area contributed by atoms with Gasteiger partial charge < -0.3 is 14.5 Å². The van der Waals surface area contributed by atoms with E-state index >= 15 is 0 Å². The first-order valence-electron chi connectivity index (χ1n) is 8.21. The Kier molecular flexibility index (Phi) is 4.13. The first kappa shape index (κ1) is 15.3. The van der Waals surface area contributed by atoms with Crippen molar-refractivity contribution in [2.45, 2.75) is 27.2 Å². The van der Waals surface area contributed by atoms with Crippen LogP contribution in [-0.4, -0.2) is 50.6 Å². The van der Waals surface area contributed by atoms with E-state index in [2.05, 4.69) is 55.8 Å². The second-order valence-corrected chi connectivity index (χ2v) is 7.08. The maximum atomic E-state index is 5.48. The molecule has 0 unspecified atom stereocenters. The third-order valence-corrected chi connectivity index (χ3v) is 4.75. The van der Waals surface area contributed by atoms with E-state index in [-0.39, 0.29) is 5.41 Å². The van der Waals surface area contributed by atoms with Crippen molar-refractivity contribution in [3.05, 3.63) is 23.8 Å². The van der Waals surface area contributed by atoms with Crippen LogP contribution < -0.4 is 4.90 Å². The van der Waals surface area contributed by atoms with Gasteiger partial charge in [0.1, 0.15) is 5.84 Å². The van der Waals surface area contributed by atoms with Crippen LogP contribution in [0.3, 0.4) is 0 Å². The second kappa shape index (κ2) is 5.92. The van der Waals surface area contributed by atoms with Crippen LogP contribution in [0.5, 0.6) is 0 Å². The molecule has 2 aliphatic rings. The normalized spacial score (nSPS) is 23.4. The Balaban J connectivity index is 2.00. The summed E-state index contributed by atoms with van der Waals surface area (Å²) in [4.78, 5) is 9.78. The van der Waals surface area contributed by atoms with E-state index in [4.69, 9.17) is 9.73 Å². The summed E-state index contributed by atoms with van der Waals surface area (Å²) < 4.78 is 5.48. The van der Waals surface area contributed by atoms with Gasteiger partial charge in [0.25, 0.3) is 0 Å². The second-order valence-electron chi connectivity index (χ2n) is 7.08. The summed E-state index contributed by atoms with van der Waals surface area (Å²) in [6, 6.07) is 6.60. The minimum absolute atomic E-state index is 0.154. The summed E-state index contributed by atoms with van der Waals surface area (Å²) in [5.41, 5.74) is 3.74. The van der Waals surface area contributed by atoms with Gasteiger partial charge in [0, 0.05) is 32.1 Å². The molecule has 22 heavy (non-hydrogen) atoms. The molecule has 2 heterocycles. The summed E-state index contributed by atoms with van der Waals surface area (Å²) in [6.45, 7) is 11.3. The van der Waals surface area contributed by atoms with E-state index in [0.717, 1.165) is 38.5 Å². The first-order valence-corrected chi connectivity index (χ1v) is 8.21. The van der Waals surface area contributed by atoms with Crippen LogP contribution in [0, 0.1) is 12.3 Å². The van der Waals surface area contributed by atoms with Gasteiger partial charge in [-0.2, -0.15) is 0 Å². The molecule has 0 aliphatic carbocycles. The van der Waals surface area contributed by atoms with E-state index in [1.54, 1.807) is 0 Å². The van der Waals surface area contributed by atoms with Gasteiger partial charge >= 0.3 is 0 Å². The number of hydrogen-bond acceptors (Lipinski definition) is 3. The molecule has 1 aromatic rings. The maximum absolute atomic E-state index is 5.48. The van der Waals surface area contributed by atoms with Crippen molar-refractivity contribution >= 4 is 17.2 Å². The fourth-order valence-electron chi connectivity index (χ4n) is 3.33. The highest BCUT2D eigenvalue weighted by molar-refractivity contribution is 5.92. The van der Waals surface area contributed by atoms with Gasteiger partial charge in [0.15, 0.2) is 0 Å². The summed E-state index contributed by atoms with van der Waals surface area (Å²) in [7, 11) is 2.15. The van der Waals surface area contributed by atoms with Crippen molar-refractivity contribution < 1.29 is 4.74 Å². The molecule has 0 atom stereocenters. The molecule has 2 aliphatic heterocycles. The van der Waals surface area contributed by atoms with Crippen molar-refractivity contribution in [3.63, 3.8) is 0 Å². The third-order valence-electron chi connectivity index (χ3n) is 4.75. The highest BCUT2D eigenvalue weighted by atomic mass is 16.5.